The van der Waals surface area contributed by atoms with E-state index in [9.17, 15) is 13.2 Å². The lowest BCUT2D eigenvalue weighted by Crippen LogP contribution is -2.29. The van der Waals surface area contributed by atoms with Gasteiger partial charge in [-0.2, -0.15) is 4.31 Å². The second-order valence-corrected chi connectivity index (χ2v) is 7.41. The SMILES string of the molecule is CCN(CC)S(=O)(=O)c1ccc(-c2nnnn2OC(C)=O)s1. The van der Waals surface area contributed by atoms with Crippen molar-refractivity contribution < 1.29 is 18.0 Å². The molecule has 120 valence electrons. The molecule has 0 radical (unpaired) electrons. The van der Waals surface area contributed by atoms with Crippen LogP contribution in [0.2, 0.25) is 0 Å². The fraction of sp³-hybridized carbons (Fsp3) is 0.455. The first kappa shape index (κ1) is 16.5. The van der Waals surface area contributed by atoms with Gasteiger partial charge in [-0.15, -0.1) is 16.4 Å². The highest BCUT2D eigenvalue weighted by atomic mass is 32.2. The molecule has 9 nitrogen and oxygen atoms in total. The van der Waals surface area contributed by atoms with Crippen molar-refractivity contribution in [3.8, 4) is 10.7 Å². The standard InChI is InChI=1S/C11H15N5O4S2/c1-4-15(5-2)22(18,19)10-7-6-9(21-10)11-12-13-14-16(11)20-8(3)17/h6-7H,4-5H2,1-3H3. The number of sulfonamides is 1. The Bertz CT molecular complexity index is 763. The van der Waals surface area contributed by atoms with E-state index in [-0.39, 0.29) is 10.0 Å². The molecule has 22 heavy (non-hydrogen) atoms. The molecule has 0 aliphatic heterocycles. The molecule has 0 unspecified atom stereocenters. The fourth-order valence-corrected chi connectivity index (χ4v) is 4.66. The summed E-state index contributed by atoms with van der Waals surface area (Å²) >= 11 is 1.01. The minimum absolute atomic E-state index is 0.168. The van der Waals surface area contributed by atoms with Crippen LogP contribution in [0.3, 0.4) is 0 Å². The van der Waals surface area contributed by atoms with Gasteiger partial charge < -0.3 is 4.84 Å². The number of carbonyl (C=O) groups excluding carboxylic acids is 1. The van der Waals surface area contributed by atoms with Gasteiger partial charge in [0, 0.05) is 20.0 Å². The molecule has 0 fully saturated rings. The molecule has 2 rings (SSSR count). The van der Waals surface area contributed by atoms with E-state index in [0.29, 0.717) is 18.0 Å². The number of nitrogens with zero attached hydrogens (tertiary/aromatic N) is 5. The lowest BCUT2D eigenvalue weighted by Gasteiger charge is -2.16. The first-order valence-electron chi connectivity index (χ1n) is 6.47. The van der Waals surface area contributed by atoms with Crippen LogP contribution in [0.1, 0.15) is 20.8 Å². The molecule has 0 atom stereocenters. The molecule has 2 aromatic rings. The average molecular weight is 345 g/mol. The second kappa shape index (κ2) is 6.50. The molecule has 0 saturated heterocycles. The summed E-state index contributed by atoms with van der Waals surface area (Å²) in [5.74, 6) is -0.415. The van der Waals surface area contributed by atoms with E-state index in [1.165, 1.54) is 17.3 Å². The van der Waals surface area contributed by atoms with E-state index in [1.54, 1.807) is 19.9 Å². The van der Waals surface area contributed by atoms with Crippen molar-refractivity contribution in [2.75, 3.05) is 13.1 Å². The van der Waals surface area contributed by atoms with Crippen molar-refractivity contribution >= 4 is 27.3 Å². The molecule has 2 aromatic heterocycles. The lowest BCUT2D eigenvalue weighted by atomic mass is 10.4. The monoisotopic (exact) mass is 345 g/mol. The minimum Gasteiger partial charge on any atom is -0.316 e. The number of tetrazole rings is 1. The van der Waals surface area contributed by atoms with Gasteiger partial charge in [0.05, 0.1) is 4.88 Å². The average Bonchev–Trinajstić information content (AvgIpc) is 3.07. The van der Waals surface area contributed by atoms with Gasteiger partial charge in [-0.25, -0.2) is 13.2 Å². The minimum atomic E-state index is -3.54. The summed E-state index contributed by atoms with van der Waals surface area (Å²) in [5.41, 5.74) is 0. The third-order valence-electron chi connectivity index (χ3n) is 2.76. The Balaban J connectivity index is 2.37. The molecule has 0 aliphatic carbocycles. The first-order chi connectivity index (χ1) is 10.4. The Hall–Kier alpha value is -1.85. The van der Waals surface area contributed by atoms with Crippen molar-refractivity contribution in [2.24, 2.45) is 0 Å². The molecule has 0 saturated carbocycles. The summed E-state index contributed by atoms with van der Waals surface area (Å²) in [6.45, 7) is 5.54. The van der Waals surface area contributed by atoms with E-state index in [1.807, 2.05) is 0 Å². The summed E-state index contributed by atoms with van der Waals surface area (Å²) in [6, 6.07) is 3.06. The number of hydrogen-bond donors (Lipinski definition) is 0. The van der Waals surface area contributed by atoms with Gasteiger partial charge in [0.15, 0.2) is 0 Å². The predicted octanol–water partition coefficient (Wildman–Crippen LogP) is 0.407. The summed E-state index contributed by atoms with van der Waals surface area (Å²) in [7, 11) is -3.54. The van der Waals surface area contributed by atoms with Gasteiger partial charge in [-0.1, -0.05) is 13.8 Å². The van der Waals surface area contributed by atoms with Crippen LogP contribution < -0.4 is 4.84 Å². The molecule has 0 aliphatic rings. The molecule has 2 heterocycles. The molecular formula is C11H15N5O4S2. The van der Waals surface area contributed by atoms with E-state index in [2.05, 4.69) is 15.5 Å². The zero-order valence-corrected chi connectivity index (χ0v) is 13.9. The Morgan fingerprint density at radius 2 is 2.05 bits per heavy atom. The predicted molar refractivity (Wildman–Crippen MR) is 78.5 cm³/mol. The Labute approximate surface area is 131 Å². The Kier molecular flexibility index (Phi) is 4.88. The number of rotatable bonds is 6. The smallest absolute Gasteiger partial charge is 0.316 e. The van der Waals surface area contributed by atoms with E-state index in [0.717, 1.165) is 16.2 Å². The number of thiophene rings is 1. The normalized spacial score (nSPS) is 11.8. The van der Waals surface area contributed by atoms with E-state index < -0.39 is 16.0 Å². The largest absolute Gasteiger partial charge is 0.332 e. The van der Waals surface area contributed by atoms with Crippen LogP contribution in [0.15, 0.2) is 16.3 Å². The van der Waals surface area contributed by atoms with Gasteiger partial charge in [-0.05, 0) is 27.4 Å². The van der Waals surface area contributed by atoms with Gasteiger partial charge in [0.2, 0.25) is 5.82 Å². The maximum atomic E-state index is 12.4. The van der Waals surface area contributed by atoms with Gasteiger partial charge in [0.1, 0.15) is 4.21 Å². The van der Waals surface area contributed by atoms with Gasteiger partial charge >= 0.3 is 5.97 Å². The van der Waals surface area contributed by atoms with Crippen molar-refractivity contribution in [2.45, 2.75) is 25.0 Å². The molecule has 0 bridgehead atoms. The maximum absolute atomic E-state index is 12.4. The molecule has 0 amide bonds. The number of aromatic nitrogens is 4. The highest BCUT2D eigenvalue weighted by molar-refractivity contribution is 7.91. The Morgan fingerprint density at radius 1 is 1.36 bits per heavy atom. The van der Waals surface area contributed by atoms with Crippen LogP contribution in [-0.2, 0) is 14.8 Å². The molecule has 0 N–H and O–H groups in total. The topological polar surface area (TPSA) is 107 Å². The highest BCUT2D eigenvalue weighted by Crippen LogP contribution is 2.30. The fourth-order valence-electron chi connectivity index (χ4n) is 1.78. The van der Waals surface area contributed by atoms with Crippen molar-refractivity contribution in [3.05, 3.63) is 12.1 Å². The van der Waals surface area contributed by atoms with Crippen LogP contribution in [0.5, 0.6) is 0 Å². The van der Waals surface area contributed by atoms with Crippen molar-refractivity contribution in [1.29, 1.82) is 0 Å². The van der Waals surface area contributed by atoms with Gasteiger partial charge in [0.25, 0.3) is 10.0 Å². The Morgan fingerprint density at radius 3 is 2.64 bits per heavy atom. The molecular weight excluding hydrogens is 330 g/mol. The first-order valence-corrected chi connectivity index (χ1v) is 8.73. The zero-order chi connectivity index (χ0) is 16.3. The summed E-state index contributed by atoms with van der Waals surface area (Å²) < 4.78 is 26.4. The third kappa shape index (κ3) is 3.15. The van der Waals surface area contributed by atoms with Crippen LogP contribution in [0.25, 0.3) is 10.7 Å². The number of hydrogen-bond acceptors (Lipinski definition) is 8. The van der Waals surface area contributed by atoms with E-state index in [4.69, 9.17) is 4.84 Å². The quantitative estimate of drug-likeness (QED) is 0.698. The second-order valence-electron chi connectivity index (χ2n) is 4.17. The van der Waals surface area contributed by atoms with E-state index >= 15 is 0 Å². The summed E-state index contributed by atoms with van der Waals surface area (Å²) in [6.07, 6.45) is 0. The van der Waals surface area contributed by atoms with Crippen molar-refractivity contribution in [3.63, 3.8) is 0 Å². The lowest BCUT2D eigenvalue weighted by molar-refractivity contribution is -0.143. The molecule has 11 heteroatoms. The summed E-state index contributed by atoms with van der Waals surface area (Å²) in [4.78, 5) is 17.1. The zero-order valence-electron chi connectivity index (χ0n) is 12.3. The molecule has 0 aromatic carbocycles. The van der Waals surface area contributed by atoms with Crippen LogP contribution in [-0.4, -0.2) is 52.2 Å². The number of carbonyl (C=O) groups is 1. The third-order valence-corrected chi connectivity index (χ3v) is 6.36. The van der Waals surface area contributed by atoms with Gasteiger partial charge in [-0.3, -0.25) is 0 Å². The van der Waals surface area contributed by atoms with Crippen LogP contribution >= 0.6 is 11.3 Å². The maximum Gasteiger partial charge on any atom is 0.332 e. The highest BCUT2D eigenvalue weighted by Gasteiger charge is 2.25. The summed E-state index contributed by atoms with van der Waals surface area (Å²) in [5, 5.41) is 10.7. The van der Waals surface area contributed by atoms with Crippen LogP contribution in [0, 0.1) is 0 Å². The molecule has 0 spiro atoms. The van der Waals surface area contributed by atoms with Crippen molar-refractivity contribution in [1.82, 2.24) is 24.7 Å². The van der Waals surface area contributed by atoms with Crippen LogP contribution in [0.4, 0.5) is 0 Å².